The number of fused-ring (bicyclic) bond motifs is 1. The molecule has 4 rings (SSSR count). The van der Waals surface area contributed by atoms with Crippen LogP contribution in [-0.2, 0) is 0 Å². The van der Waals surface area contributed by atoms with Crippen LogP contribution in [0.25, 0.3) is 5.65 Å². The Bertz CT molecular complexity index is 1050. The maximum Gasteiger partial charge on any atom is 0.285 e. The molecule has 1 aliphatic rings. The number of hydrogen-bond acceptors (Lipinski definition) is 4. The average Bonchev–Trinajstić information content (AvgIpc) is 3.43. The lowest BCUT2D eigenvalue weighted by atomic mass is 9.96. The standard InChI is InChI=1S/C19H24N6O2.2C2H6/c1-12(2)24-8-6-20-17(24)14-5-4-7-23(11-14)18(26)15-10-21-16-9-13(3)22-25(16)19(15)27;2*1-2/h6,8-10,12,14,22H,4-5,7,11H2,1-3H3;2*1-2H3. The molecule has 170 valence electrons. The molecule has 1 amide bonds. The van der Waals surface area contributed by atoms with Gasteiger partial charge in [0.1, 0.15) is 11.4 Å². The highest BCUT2D eigenvalue weighted by Gasteiger charge is 2.30. The van der Waals surface area contributed by atoms with Crippen LogP contribution in [0.15, 0.2) is 29.5 Å². The first-order valence-electron chi connectivity index (χ1n) is 11.3. The van der Waals surface area contributed by atoms with E-state index in [9.17, 15) is 9.59 Å². The number of likely N-dealkylation sites (tertiary alicyclic amines) is 1. The van der Waals surface area contributed by atoms with Gasteiger partial charge in [-0.25, -0.2) is 14.5 Å². The van der Waals surface area contributed by atoms with Crippen LogP contribution in [0.3, 0.4) is 0 Å². The number of rotatable bonds is 3. The Balaban J connectivity index is 0.000000807. The summed E-state index contributed by atoms with van der Waals surface area (Å²) in [6.07, 6.45) is 7.07. The Morgan fingerprint density at radius 1 is 1.19 bits per heavy atom. The number of aryl methyl sites for hydroxylation is 1. The van der Waals surface area contributed by atoms with Crippen LogP contribution in [0.4, 0.5) is 0 Å². The van der Waals surface area contributed by atoms with Crippen molar-refractivity contribution in [3.05, 3.63) is 52.1 Å². The Morgan fingerprint density at radius 3 is 2.58 bits per heavy atom. The first-order valence-corrected chi connectivity index (χ1v) is 11.3. The van der Waals surface area contributed by atoms with Crippen molar-refractivity contribution in [2.75, 3.05) is 13.1 Å². The van der Waals surface area contributed by atoms with Crippen LogP contribution in [-0.4, -0.2) is 48.0 Å². The zero-order valence-corrected chi connectivity index (χ0v) is 19.8. The van der Waals surface area contributed by atoms with Gasteiger partial charge in [0, 0.05) is 55.4 Å². The molecule has 31 heavy (non-hydrogen) atoms. The van der Waals surface area contributed by atoms with Gasteiger partial charge in [0.05, 0.1) is 0 Å². The van der Waals surface area contributed by atoms with Gasteiger partial charge in [0.15, 0.2) is 5.65 Å². The number of amides is 1. The number of hydrogen-bond donors (Lipinski definition) is 1. The lowest BCUT2D eigenvalue weighted by Gasteiger charge is -2.33. The topological polar surface area (TPSA) is 88.3 Å². The van der Waals surface area contributed by atoms with Gasteiger partial charge in [-0.1, -0.05) is 27.7 Å². The molecule has 0 bridgehead atoms. The molecule has 8 nitrogen and oxygen atoms in total. The molecule has 3 aromatic heterocycles. The Hall–Kier alpha value is -2.90. The van der Waals surface area contributed by atoms with Gasteiger partial charge in [0.2, 0.25) is 0 Å². The second kappa shape index (κ2) is 10.9. The summed E-state index contributed by atoms with van der Waals surface area (Å²) in [5.74, 6) is 0.918. The minimum Gasteiger partial charge on any atom is -0.338 e. The number of carbonyl (C=O) groups is 1. The molecular weight excluding hydrogens is 392 g/mol. The molecule has 0 spiro atoms. The molecule has 3 aromatic rings. The van der Waals surface area contributed by atoms with E-state index in [1.165, 1.54) is 10.7 Å². The lowest BCUT2D eigenvalue weighted by molar-refractivity contribution is 0.0700. The molecule has 1 unspecified atom stereocenters. The summed E-state index contributed by atoms with van der Waals surface area (Å²) in [7, 11) is 0. The highest BCUT2D eigenvalue weighted by atomic mass is 16.2. The third kappa shape index (κ3) is 5.06. The van der Waals surface area contributed by atoms with E-state index in [-0.39, 0.29) is 22.9 Å². The van der Waals surface area contributed by atoms with Gasteiger partial charge in [-0.3, -0.25) is 14.7 Å². The van der Waals surface area contributed by atoms with Crippen LogP contribution in [0.2, 0.25) is 0 Å². The smallest absolute Gasteiger partial charge is 0.285 e. The third-order valence-corrected chi connectivity index (χ3v) is 5.18. The zero-order valence-electron chi connectivity index (χ0n) is 19.8. The van der Waals surface area contributed by atoms with E-state index >= 15 is 0 Å². The predicted molar refractivity (Wildman–Crippen MR) is 124 cm³/mol. The molecule has 0 aromatic carbocycles. The van der Waals surface area contributed by atoms with Gasteiger partial charge < -0.3 is 9.47 Å². The van der Waals surface area contributed by atoms with Gasteiger partial charge in [0.25, 0.3) is 11.5 Å². The molecule has 0 radical (unpaired) electrons. The summed E-state index contributed by atoms with van der Waals surface area (Å²) in [4.78, 5) is 36.3. The van der Waals surface area contributed by atoms with Crippen molar-refractivity contribution in [3.8, 4) is 0 Å². The minimum atomic E-state index is -0.357. The molecule has 1 atom stereocenters. The highest BCUT2D eigenvalue weighted by molar-refractivity contribution is 5.93. The summed E-state index contributed by atoms with van der Waals surface area (Å²) in [6.45, 7) is 15.3. The molecule has 0 saturated carbocycles. The Morgan fingerprint density at radius 2 is 1.90 bits per heavy atom. The van der Waals surface area contributed by atoms with Gasteiger partial charge >= 0.3 is 0 Å². The number of aromatic amines is 1. The highest BCUT2D eigenvalue weighted by Crippen LogP contribution is 2.28. The first-order chi connectivity index (χ1) is 15.0. The first kappa shape index (κ1) is 24.4. The van der Waals surface area contributed by atoms with Crippen molar-refractivity contribution in [1.29, 1.82) is 0 Å². The van der Waals surface area contributed by atoms with Crippen molar-refractivity contribution in [3.63, 3.8) is 0 Å². The molecule has 0 aliphatic carbocycles. The van der Waals surface area contributed by atoms with Crippen molar-refractivity contribution >= 4 is 11.6 Å². The number of H-pyrrole nitrogens is 1. The summed E-state index contributed by atoms with van der Waals surface area (Å²) < 4.78 is 3.48. The molecule has 1 N–H and O–H groups in total. The van der Waals surface area contributed by atoms with Crippen LogP contribution < -0.4 is 5.56 Å². The van der Waals surface area contributed by atoms with Gasteiger partial charge in [-0.2, -0.15) is 0 Å². The fourth-order valence-electron chi connectivity index (χ4n) is 3.85. The quantitative estimate of drug-likeness (QED) is 0.678. The third-order valence-electron chi connectivity index (χ3n) is 5.18. The van der Waals surface area contributed by atoms with Crippen molar-refractivity contribution in [2.24, 2.45) is 0 Å². The van der Waals surface area contributed by atoms with Crippen LogP contribution >= 0.6 is 0 Å². The van der Waals surface area contributed by atoms with E-state index in [1.807, 2.05) is 47.0 Å². The number of piperidine rings is 1. The van der Waals surface area contributed by atoms with E-state index in [0.29, 0.717) is 24.8 Å². The maximum atomic E-state index is 13.0. The van der Waals surface area contributed by atoms with Crippen molar-refractivity contribution in [1.82, 2.24) is 29.0 Å². The molecule has 1 saturated heterocycles. The summed E-state index contributed by atoms with van der Waals surface area (Å²) in [6, 6.07) is 2.10. The van der Waals surface area contributed by atoms with Crippen molar-refractivity contribution < 1.29 is 4.79 Å². The lowest BCUT2D eigenvalue weighted by Crippen LogP contribution is -2.42. The second-order valence-electron chi connectivity index (χ2n) is 7.49. The largest absolute Gasteiger partial charge is 0.338 e. The normalized spacial score (nSPS) is 15.9. The van der Waals surface area contributed by atoms with E-state index < -0.39 is 0 Å². The molecular formula is C23H36N6O2. The average molecular weight is 429 g/mol. The van der Waals surface area contributed by atoms with Crippen molar-refractivity contribution in [2.45, 2.75) is 73.3 Å². The maximum absolute atomic E-state index is 13.0. The SMILES string of the molecule is CC.CC.Cc1cc2ncc(C(=O)N3CCCC(c4nccn4C(C)C)C3)c(=O)n2[nH]1. The molecule has 1 aliphatic heterocycles. The minimum absolute atomic E-state index is 0.0993. The monoisotopic (exact) mass is 428 g/mol. The van der Waals surface area contributed by atoms with Gasteiger partial charge in [-0.05, 0) is 33.6 Å². The fraction of sp³-hybridized carbons (Fsp3) is 0.565. The van der Waals surface area contributed by atoms with E-state index in [4.69, 9.17) is 0 Å². The summed E-state index contributed by atoms with van der Waals surface area (Å²) >= 11 is 0. The molecule has 4 heterocycles. The van der Waals surface area contributed by atoms with Crippen LogP contribution in [0, 0.1) is 6.92 Å². The number of carbonyl (C=O) groups excluding carboxylic acids is 1. The summed E-state index contributed by atoms with van der Waals surface area (Å²) in [5, 5.41) is 2.93. The van der Waals surface area contributed by atoms with Gasteiger partial charge in [-0.15, -0.1) is 0 Å². The number of nitrogens with one attached hydrogen (secondary N) is 1. The van der Waals surface area contributed by atoms with E-state index in [1.54, 1.807) is 11.0 Å². The number of aromatic nitrogens is 5. The molecule has 1 fully saturated rings. The zero-order chi connectivity index (χ0) is 23.1. The predicted octanol–water partition coefficient (Wildman–Crippen LogP) is 4.18. The van der Waals surface area contributed by atoms with E-state index in [0.717, 1.165) is 24.4 Å². The van der Waals surface area contributed by atoms with Crippen LogP contribution in [0.1, 0.15) is 88.2 Å². The fourth-order valence-corrected chi connectivity index (χ4v) is 3.85. The number of imidazole rings is 1. The second-order valence-corrected chi connectivity index (χ2v) is 7.49. The Labute approximate surface area is 184 Å². The molecule has 8 heteroatoms. The van der Waals surface area contributed by atoms with Crippen LogP contribution in [0.5, 0.6) is 0 Å². The number of nitrogens with zero attached hydrogens (tertiary/aromatic N) is 5. The Kier molecular flexibility index (Phi) is 8.59. The van der Waals surface area contributed by atoms with E-state index in [2.05, 4.69) is 33.5 Å². The summed E-state index contributed by atoms with van der Waals surface area (Å²) in [5.41, 5.74) is 1.08.